The lowest BCUT2D eigenvalue weighted by molar-refractivity contribution is 0.405. The molecule has 0 spiro atoms. The fraction of sp³-hybridized carbons (Fsp3) is 0.200. The summed E-state index contributed by atoms with van der Waals surface area (Å²) < 4.78 is 32.8. The third-order valence-corrected chi connectivity index (χ3v) is 4.16. The summed E-state index contributed by atoms with van der Waals surface area (Å²) in [7, 11) is 1.35. The van der Waals surface area contributed by atoms with Crippen LogP contribution in [0, 0.1) is 11.6 Å². The van der Waals surface area contributed by atoms with E-state index in [1.165, 1.54) is 7.11 Å². The lowest BCUT2D eigenvalue weighted by Crippen LogP contribution is -2.02. The fourth-order valence-electron chi connectivity index (χ4n) is 1.86. The molecule has 5 heteroatoms. The van der Waals surface area contributed by atoms with Gasteiger partial charge in [0.25, 0.3) is 0 Å². The molecule has 20 heavy (non-hydrogen) atoms. The van der Waals surface area contributed by atoms with Crippen LogP contribution in [0.5, 0.6) is 5.75 Å². The van der Waals surface area contributed by atoms with E-state index < -0.39 is 17.0 Å². The number of rotatable bonds is 4. The Morgan fingerprint density at radius 3 is 2.10 bits per heavy atom. The molecule has 2 rings (SSSR count). The second kappa shape index (κ2) is 6.46. The van der Waals surface area contributed by atoms with Crippen LogP contribution in [0.15, 0.2) is 41.3 Å². The molecule has 1 atom stereocenters. The first-order valence-corrected chi connectivity index (χ1v) is 7.54. The van der Waals surface area contributed by atoms with Crippen molar-refractivity contribution >= 4 is 23.4 Å². The highest BCUT2D eigenvalue weighted by Crippen LogP contribution is 2.35. The molecule has 0 amide bonds. The Kier molecular flexibility index (Phi) is 4.89. The Bertz CT molecular complexity index is 578. The van der Waals surface area contributed by atoms with Gasteiger partial charge in [0.2, 0.25) is 0 Å². The smallest absolute Gasteiger partial charge is 0.134 e. The van der Waals surface area contributed by atoms with Crippen molar-refractivity contribution in [2.45, 2.75) is 10.3 Å². The Morgan fingerprint density at radius 1 is 1.10 bits per heavy atom. The summed E-state index contributed by atoms with van der Waals surface area (Å²) in [6.07, 6.45) is 1.95. The summed E-state index contributed by atoms with van der Waals surface area (Å²) in [4.78, 5) is 1.06. The molecule has 1 nitrogen and oxygen atoms in total. The number of alkyl halides is 1. The van der Waals surface area contributed by atoms with Crippen LogP contribution in [0.2, 0.25) is 0 Å². The summed E-state index contributed by atoms with van der Waals surface area (Å²) in [5, 5.41) is -0.878. The zero-order chi connectivity index (χ0) is 14.7. The van der Waals surface area contributed by atoms with Crippen LogP contribution < -0.4 is 4.74 Å². The van der Waals surface area contributed by atoms with E-state index in [0.29, 0.717) is 5.56 Å². The molecule has 0 N–H and O–H groups in total. The first-order chi connectivity index (χ1) is 9.56. The van der Waals surface area contributed by atoms with E-state index in [2.05, 4.69) is 0 Å². The van der Waals surface area contributed by atoms with Gasteiger partial charge in [-0.25, -0.2) is 8.78 Å². The van der Waals surface area contributed by atoms with Crippen LogP contribution in [0.3, 0.4) is 0 Å². The van der Waals surface area contributed by atoms with Crippen LogP contribution >= 0.6 is 23.4 Å². The van der Waals surface area contributed by atoms with Crippen LogP contribution in [0.4, 0.5) is 8.78 Å². The second-order valence-electron chi connectivity index (χ2n) is 4.14. The molecular weight excluding hydrogens is 302 g/mol. The number of methoxy groups -OCH3 is 1. The van der Waals surface area contributed by atoms with Crippen molar-refractivity contribution in [3.05, 3.63) is 59.2 Å². The number of thioether (sulfide) groups is 1. The van der Waals surface area contributed by atoms with E-state index >= 15 is 0 Å². The molecule has 2 aromatic rings. The molecule has 0 saturated heterocycles. The van der Waals surface area contributed by atoms with Gasteiger partial charge in [0.15, 0.2) is 0 Å². The van der Waals surface area contributed by atoms with Crippen molar-refractivity contribution in [1.29, 1.82) is 0 Å². The third-order valence-electron chi connectivity index (χ3n) is 2.95. The van der Waals surface area contributed by atoms with E-state index in [1.54, 1.807) is 23.9 Å². The molecule has 0 saturated carbocycles. The molecule has 0 heterocycles. The summed E-state index contributed by atoms with van der Waals surface area (Å²) in [5.74, 6) is -1.29. The predicted octanol–water partition coefficient (Wildman–Crippen LogP) is 5.02. The van der Waals surface area contributed by atoms with Gasteiger partial charge in [-0.1, -0.05) is 12.1 Å². The standard InChI is InChI=1S/C15H13ClF2OS/c1-19-10-7-12(17)14(13(18)8-10)15(16)9-3-5-11(20-2)6-4-9/h3-8,15H,1-2H3. The van der Waals surface area contributed by atoms with Crippen molar-refractivity contribution < 1.29 is 13.5 Å². The number of hydrogen-bond acceptors (Lipinski definition) is 2. The van der Waals surface area contributed by atoms with Crippen LogP contribution in [0.25, 0.3) is 0 Å². The first-order valence-electron chi connectivity index (χ1n) is 5.87. The molecule has 0 aromatic heterocycles. The lowest BCUT2D eigenvalue weighted by Gasteiger charge is -2.14. The average molecular weight is 315 g/mol. The Morgan fingerprint density at radius 2 is 1.65 bits per heavy atom. The van der Waals surface area contributed by atoms with E-state index in [1.807, 2.05) is 18.4 Å². The quantitative estimate of drug-likeness (QED) is 0.578. The SMILES string of the molecule is COc1cc(F)c(C(Cl)c2ccc(SC)cc2)c(F)c1. The molecule has 0 fully saturated rings. The second-order valence-corrected chi connectivity index (χ2v) is 5.46. The van der Waals surface area contributed by atoms with Crippen molar-refractivity contribution in [3.8, 4) is 5.75 Å². The maximum absolute atomic E-state index is 14.0. The van der Waals surface area contributed by atoms with E-state index in [0.717, 1.165) is 17.0 Å². The topological polar surface area (TPSA) is 9.23 Å². The molecular formula is C15H13ClF2OS. The molecule has 0 bridgehead atoms. The van der Waals surface area contributed by atoms with Gasteiger partial charge in [0.1, 0.15) is 17.4 Å². The lowest BCUT2D eigenvalue weighted by atomic mass is 10.0. The molecule has 0 radical (unpaired) electrons. The van der Waals surface area contributed by atoms with Gasteiger partial charge in [-0.2, -0.15) is 0 Å². The minimum atomic E-state index is -0.878. The van der Waals surface area contributed by atoms with Gasteiger partial charge >= 0.3 is 0 Å². The zero-order valence-electron chi connectivity index (χ0n) is 11.0. The van der Waals surface area contributed by atoms with Crippen molar-refractivity contribution in [3.63, 3.8) is 0 Å². The third kappa shape index (κ3) is 3.07. The summed E-state index contributed by atoms with van der Waals surface area (Å²) >= 11 is 7.79. The minimum Gasteiger partial charge on any atom is -0.497 e. The molecule has 1 unspecified atom stereocenters. The van der Waals surface area contributed by atoms with Gasteiger partial charge in [0.05, 0.1) is 12.5 Å². The van der Waals surface area contributed by atoms with Crippen molar-refractivity contribution in [2.24, 2.45) is 0 Å². The number of hydrogen-bond donors (Lipinski definition) is 0. The van der Waals surface area contributed by atoms with Crippen molar-refractivity contribution in [2.75, 3.05) is 13.4 Å². The monoisotopic (exact) mass is 314 g/mol. The minimum absolute atomic E-state index is 0.130. The number of benzene rings is 2. The Hall–Kier alpha value is -1.26. The highest BCUT2D eigenvalue weighted by atomic mass is 35.5. The molecule has 0 aliphatic heterocycles. The predicted molar refractivity (Wildman–Crippen MR) is 78.8 cm³/mol. The first kappa shape index (κ1) is 15.1. The highest BCUT2D eigenvalue weighted by molar-refractivity contribution is 7.98. The van der Waals surface area contributed by atoms with Gasteiger partial charge < -0.3 is 4.74 Å². The Balaban J connectivity index is 2.39. The van der Waals surface area contributed by atoms with Gasteiger partial charge in [0, 0.05) is 22.6 Å². The normalized spacial score (nSPS) is 12.2. The van der Waals surface area contributed by atoms with E-state index in [-0.39, 0.29) is 11.3 Å². The van der Waals surface area contributed by atoms with Crippen LogP contribution in [-0.4, -0.2) is 13.4 Å². The summed E-state index contributed by atoms with van der Waals surface area (Å²) in [6, 6.07) is 9.54. The number of ether oxygens (including phenoxy) is 1. The molecule has 2 aromatic carbocycles. The fourth-order valence-corrected chi connectivity index (χ4v) is 2.62. The van der Waals surface area contributed by atoms with Crippen LogP contribution in [0.1, 0.15) is 16.5 Å². The van der Waals surface area contributed by atoms with Crippen LogP contribution in [-0.2, 0) is 0 Å². The Labute approximate surface area is 125 Å². The van der Waals surface area contributed by atoms with Gasteiger partial charge in [-0.05, 0) is 24.0 Å². The molecule has 0 aliphatic rings. The summed E-state index contributed by atoms with van der Waals surface area (Å²) in [6.45, 7) is 0. The van der Waals surface area contributed by atoms with E-state index in [9.17, 15) is 8.78 Å². The average Bonchev–Trinajstić information content (AvgIpc) is 2.46. The summed E-state index contributed by atoms with van der Waals surface area (Å²) in [5.41, 5.74) is 0.483. The van der Waals surface area contributed by atoms with E-state index in [4.69, 9.17) is 16.3 Å². The largest absolute Gasteiger partial charge is 0.497 e. The maximum atomic E-state index is 14.0. The number of halogens is 3. The molecule has 106 valence electrons. The molecule has 0 aliphatic carbocycles. The van der Waals surface area contributed by atoms with Crippen molar-refractivity contribution in [1.82, 2.24) is 0 Å². The van der Waals surface area contributed by atoms with Gasteiger partial charge in [-0.3, -0.25) is 0 Å². The highest BCUT2D eigenvalue weighted by Gasteiger charge is 2.21. The van der Waals surface area contributed by atoms with Gasteiger partial charge in [-0.15, -0.1) is 23.4 Å². The maximum Gasteiger partial charge on any atom is 0.134 e. The zero-order valence-corrected chi connectivity index (χ0v) is 12.6.